The summed E-state index contributed by atoms with van der Waals surface area (Å²) in [6.45, 7) is 10.2. The highest BCUT2D eigenvalue weighted by molar-refractivity contribution is 5.86. The van der Waals surface area contributed by atoms with Gasteiger partial charge in [0.1, 0.15) is 0 Å². The van der Waals surface area contributed by atoms with Gasteiger partial charge in [-0.2, -0.15) is 0 Å². The molecule has 0 radical (unpaired) electrons. The van der Waals surface area contributed by atoms with Gasteiger partial charge in [0.05, 0.1) is 6.61 Å². The second-order valence-corrected chi connectivity index (χ2v) is 4.53. The van der Waals surface area contributed by atoms with E-state index in [9.17, 15) is 4.79 Å². The fraction of sp³-hybridized carbons (Fsp3) is 0.786. The van der Waals surface area contributed by atoms with E-state index in [1.165, 1.54) is 38.5 Å². The first-order valence-electron chi connectivity index (χ1n) is 6.44. The summed E-state index contributed by atoms with van der Waals surface area (Å²) in [7, 11) is 0. The molecule has 0 bridgehead atoms. The van der Waals surface area contributed by atoms with E-state index in [2.05, 4.69) is 20.4 Å². The Balaban J connectivity index is 3.89. The van der Waals surface area contributed by atoms with Crippen LogP contribution in [0.4, 0.5) is 0 Å². The van der Waals surface area contributed by atoms with E-state index in [0.29, 0.717) is 18.1 Å². The average molecular weight is 226 g/mol. The quantitative estimate of drug-likeness (QED) is 0.437. The molecule has 0 unspecified atom stereocenters. The Morgan fingerprint density at radius 3 is 2.06 bits per heavy atom. The molecule has 0 aliphatic rings. The minimum Gasteiger partial charge on any atom is -0.462 e. The number of esters is 1. The molecule has 0 amide bonds. The molecule has 0 aliphatic heterocycles. The van der Waals surface area contributed by atoms with Crippen molar-refractivity contribution in [2.24, 2.45) is 5.92 Å². The Hall–Kier alpha value is -0.790. The van der Waals surface area contributed by atoms with Crippen LogP contribution in [-0.4, -0.2) is 12.6 Å². The number of ether oxygens (including phenoxy) is 1. The highest BCUT2D eigenvalue weighted by Crippen LogP contribution is 2.17. The maximum absolute atomic E-state index is 11.3. The zero-order chi connectivity index (χ0) is 12.4. The molecule has 0 spiro atoms. The number of unbranched alkanes of at least 4 members (excludes halogenated alkanes) is 2. The van der Waals surface area contributed by atoms with E-state index >= 15 is 0 Å². The first-order valence-corrected chi connectivity index (χ1v) is 6.44. The van der Waals surface area contributed by atoms with Crippen LogP contribution in [0.5, 0.6) is 0 Å². The molecule has 0 atom stereocenters. The topological polar surface area (TPSA) is 26.3 Å². The second kappa shape index (κ2) is 9.44. The van der Waals surface area contributed by atoms with Crippen LogP contribution in [0, 0.1) is 5.92 Å². The highest BCUT2D eigenvalue weighted by Gasteiger charge is 2.11. The Morgan fingerprint density at radius 2 is 1.69 bits per heavy atom. The third kappa shape index (κ3) is 7.49. The fourth-order valence-electron chi connectivity index (χ4n) is 1.61. The molecule has 0 fully saturated rings. The summed E-state index contributed by atoms with van der Waals surface area (Å²) < 4.78 is 5.22. The Morgan fingerprint density at radius 1 is 1.19 bits per heavy atom. The van der Waals surface area contributed by atoms with E-state index in [1.54, 1.807) is 6.92 Å². The number of rotatable bonds is 9. The van der Waals surface area contributed by atoms with Crippen molar-refractivity contribution in [1.82, 2.24) is 0 Å². The second-order valence-electron chi connectivity index (χ2n) is 4.53. The molecule has 0 aromatic heterocycles. The molecule has 94 valence electrons. The van der Waals surface area contributed by atoms with Gasteiger partial charge in [-0.05, 0) is 25.7 Å². The zero-order valence-electron chi connectivity index (χ0n) is 11.1. The molecule has 2 nitrogen and oxygen atoms in total. The van der Waals surface area contributed by atoms with Crippen LogP contribution in [0.3, 0.4) is 0 Å². The summed E-state index contributed by atoms with van der Waals surface area (Å²) in [5.74, 6) is 0.279. The first kappa shape index (κ1) is 15.2. The fourth-order valence-corrected chi connectivity index (χ4v) is 1.61. The SMILES string of the molecule is C=C(C)C(=O)OCC(CCCC)CCCC. The predicted octanol–water partition coefficient (Wildman–Crippen LogP) is 4.10. The molecule has 2 heteroatoms. The number of carbonyl (C=O) groups is 1. The van der Waals surface area contributed by atoms with Crippen LogP contribution in [0.2, 0.25) is 0 Å². The van der Waals surface area contributed by atoms with Gasteiger partial charge in [0.15, 0.2) is 0 Å². The largest absolute Gasteiger partial charge is 0.462 e. The summed E-state index contributed by atoms with van der Waals surface area (Å²) in [6, 6.07) is 0. The standard InChI is InChI=1S/C14H26O2/c1-5-7-9-13(10-8-6-2)11-16-14(15)12(3)4/h13H,3,5-11H2,1-2,4H3. The molecule has 16 heavy (non-hydrogen) atoms. The van der Waals surface area contributed by atoms with Crippen LogP contribution in [0.1, 0.15) is 59.3 Å². The van der Waals surface area contributed by atoms with Crippen LogP contribution >= 0.6 is 0 Å². The molecule has 0 N–H and O–H groups in total. The monoisotopic (exact) mass is 226 g/mol. The van der Waals surface area contributed by atoms with Crippen LogP contribution < -0.4 is 0 Å². The molecule has 0 aromatic rings. The molecule has 0 aliphatic carbocycles. The van der Waals surface area contributed by atoms with Gasteiger partial charge in [-0.25, -0.2) is 4.79 Å². The van der Waals surface area contributed by atoms with E-state index < -0.39 is 0 Å². The van der Waals surface area contributed by atoms with Gasteiger partial charge in [-0.1, -0.05) is 46.1 Å². The van der Waals surface area contributed by atoms with Crippen molar-refractivity contribution in [2.75, 3.05) is 6.61 Å². The Bertz CT molecular complexity index is 201. The van der Waals surface area contributed by atoms with Crippen LogP contribution in [-0.2, 0) is 9.53 Å². The van der Waals surface area contributed by atoms with Gasteiger partial charge in [0.25, 0.3) is 0 Å². The average Bonchev–Trinajstić information content (AvgIpc) is 2.27. The van der Waals surface area contributed by atoms with Crippen molar-refractivity contribution < 1.29 is 9.53 Å². The lowest BCUT2D eigenvalue weighted by atomic mass is 9.97. The minimum atomic E-state index is -0.252. The van der Waals surface area contributed by atoms with Gasteiger partial charge >= 0.3 is 5.97 Å². The number of hydrogen-bond donors (Lipinski definition) is 0. The summed E-state index contributed by atoms with van der Waals surface area (Å²) in [6.07, 6.45) is 7.19. The van der Waals surface area contributed by atoms with Gasteiger partial charge in [-0.3, -0.25) is 0 Å². The molecule has 0 aromatic carbocycles. The normalized spacial score (nSPS) is 10.5. The van der Waals surface area contributed by atoms with Crippen LogP contribution in [0.15, 0.2) is 12.2 Å². The van der Waals surface area contributed by atoms with Crippen molar-refractivity contribution in [3.8, 4) is 0 Å². The molecule has 0 heterocycles. The minimum absolute atomic E-state index is 0.252. The molecule has 0 saturated carbocycles. The maximum atomic E-state index is 11.3. The van der Waals surface area contributed by atoms with E-state index in [4.69, 9.17) is 4.74 Å². The van der Waals surface area contributed by atoms with Gasteiger partial charge in [0.2, 0.25) is 0 Å². The van der Waals surface area contributed by atoms with Crippen molar-refractivity contribution in [2.45, 2.75) is 59.3 Å². The van der Waals surface area contributed by atoms with E-state index in [0.717, 1.165) is 0 Å². The molecule has 0 saturated heterocycles. The van der Waals surface area contributed by atoms with Gasteiger partial charge < -0.3 is 4.74 Å². The van der Waals surface area contributed by atoms with Crippen molar-refractivity contribution in [3.05, 3.63) is 12.2 Å². The molecular weight excluding hydrogens is 200 g/mol. The molecule has 0 rings (SSSR count). The lowest BCUT2D eigenvalue weighted by molar-refractivity contribution is -0.140. The van der Waals surface area contributed by atoms with E-state index in [-0.39, 0.29) is 5.97 Å². The smallest absolute Gasteiger partial charge is 0.333 e. The lowest BCUT2D eigenvalue weighted by Gasteiger charge is -2.16. The van der Waals surface area contributed by atoms with Crippen LogP contribution in [0.25, 0.3) is 0 Å². The van der Waals surface area contributed by atoms with E-state index in [1.807, 2.05) is 0 Å². The van der Waals surface area contributed by atoms with Crippen molar-refractivity contribution >= 4 is 5.97 Å². The summed E-state index contributed by atoms with van der Waals surface area (Å²) in [5.41, 5.74) is 0.490. The Kier molecular flexibility index (Phi) is 8.97. The van der Waals surface area contributed by atoms with Gasteiger partial charge in [0, 0.05) is 5.57 Å². The summed E-state index contributed by atoms with van der Waals surface area (Å²) >= 11 is 0. The maximum Gasteiger partial charge on any atom is 0.333 e. The first-order chi connectivity index (χ1) is 7.61. The lowest BCUT2D eigenvalue weighted by Crippen LogP contribution is -2.14. The third-order valence-corrected chi connectivity index (χ3v) is 2.73. The summed E-state index contributed by atoms with van der Waals surface area (Å²) in [4.78, 5) is 11.3. The van der Waals surface area contributed by atoms with Crippen molar-refractivity contribution in [3.63, 3.8) is 0 Å². The van der Waals surface area contributed by atoms with Crippen molar-refractivity contribution in [1.29, 1.82) is 0 Å². The predicted molar refractivity (Wildman–Crippen MR) is 68.3 cm³/mol. The summed E-state index contributed by atoms with van der Waals surface area (Å²) in [5, 5.41) is 0. The van der Waals surface area contributed by atoms with Gasteiger partial charge in [-0.15, -0.1) is 0 Å². The molecular formula is C14H26O2. The zero-order valence-corrected chi connectivity index (χ0v) is 11.1. The third-order valence-electron chi connectivity index (χ3n) is 2.73. The Labute approximate surface area is 100 Å². The highest BCUT2D eigenvalue weighted by atomic mass is 16.5. The number of carbonyl (C=O) groups excluding carboxylic acids is 1. The number of hydrogen-bond acceptors (Lipinski definition) is 2.